The van der Waals surface area contributed by atoms with Crippen LogP contribution in [0.4, 0.5) is 0 Å². The van der Waals surface area contributed by atoms with E-state index in [-0.39, 0.29) is 5.91 Å². The van der Waals surface area contributed by atoms with Gasteiger partial charge < -0.3 is 5.32 Å². The maximum Gasteiger partial charge on any atom is 0.220 e. The summed E-state index contributed by atoms with van der Waals surface area (Å²) in [5.41, 5.74) is 3.78. The number of aromatic nitrogens is 4. The van der Waals surface area contributed by atoms with Crippen molar-refractivity contribution in [3.8, 4) is 0 Å². The minimum Gasteiger partial charge on any atom is -0.351 e. The molecule has 0 atom stereocenters. The summed E-state index contributed by atoms with van der Waals surface area (Å²) in [7, 11) is 0. The lowest BCUT2D eigenvalue weighted by Gasteiger charge is -2.10. The van der Waals surface area contributed by atoms with Crippen molar-refractivity contribution in [3.63, 3.8) is 0 Å². The first kappa shape index (κ1) is 14.6. The van der Waals surface area contributed by atoms with Gasteiger partial charge in [-0.15, -0.1) is 21.5 Å². The normalized spacial score (nSPS) is 11.0. The molecule has 0 aromatic carbocycles. The quantitative estimate of drug-likeness (QED) is 0.782. The van der Waals surface area contributed by atoms with E-state index in [0.29, 0.717) is 19.4 Å². The average molecular weight is 315 g/mol. The summed E-state index contributed by atoms with van der Waals surface area (Å²) in [6.07, 6.45) is 2.69. The molecule has 0 aliphatic heterocycles. The van der Waals surface area contributed by atoms with E-state index in [1.807, 2.05) is 31.4 Å². The number of nitrogens with one attached hydrogen (secondary N) is 1. The molecule has 0 aliphatic rings. The molecule has 3 aromatic rings. The fourth-order valence-electron chi connectivity index (χ4n) is 2.47. The van der Waals surface area contributed by atoms with Crippen LogP contribution in [0.15, 0.2) is 23.8 Å². The molecule has 0 saturated carbocycles. The predicted molar refractivity (Wildman–Crippen MR) is 84.7 cm³/mol. The van der Waals surface area contributed by atoms with Crippen molar-refractivity contribution < 1.29 is 4.79 Å². The van der Waals surface area contributed by atoms with Gasteiger partial charge in [0.25, 0.3) is 0 Å². The highest BCUT2D eigenvalue weighted by Gasteiger charge is 2.12. The van der Waals surface area contributed by atoms with Crippen molar-refractivity contribution in [3.05, 3.63) is 45.5 Å². The van der Waals surface area contributed by atoms with E-state index in [1.165, 1.54) is 0 Å². The summed E-state index contributed by atoms with van der Waals surface area (Å²) in [6.45, 7) is 4.54. The van der Waals surface area contributed by atoms with Gasteiger partial charge in [0.15, 0.2) is 5.65 Å². The standard InChI is InChI=1S/C15H17N5OS/c1-10-13(11(2)19-20-9-17-18-15(10)20)5-6-14(21)16-8-12-4-3-7-22-12/h3-4,7,9H,5-6,8H2,1-2H3,(H,16,21). The molecule has 0 saturated heterocycles. The third-order valence-corrected chi connectivity index (χ3v) is 4.53. The molecule has 1 N–H and O–H groups in total. The minimum atomic E-state index is 0.0496. The highest BCUT2D eigenvalue weighted by molar-refractivity contribution is 7.09. The summed E-state index contributed by atoms with van der Waals surface area (Å²) in [5.74, 6) is 0.0496. The Balaban J connectivity index is 1.64. The molecule has 0 radical (unpaired) electrons. The number of aryl methyl sites for hydroxylation is 2. The van der Waals surface area contributed by atoms with Gasteiger partial charge in [0, 0.05) is 16.9 Å². The van der Waals surface area contributed by atoms with Crippen molar-refractivity contribution in [1.82, 2.24) is 25.1 Å². The van der Waals surface area contributed by atoms with E-state index < -0.39 is 0 Å². The molecule has 0 fully saturated rings. The van der Waals surface area contributed by atoms with E-state index >= 15 is 0 Å². The largest absolute Gasteiger partial charge is 0.351 e. The number of amides is 1. The summed E-state index contributed by atoms with van der Waals surface area (Å²) < 4.78 is 1.67. The Labute approximate surface area is 132 Å². The Hall–Kier alpha value is -2.28. The van der Waals surface area contributed by atoms with Crippen LogP contribution in [0.2, 0.25) is 0 Å². The zero-order valence-electron chi connectivity index (χ0n) is 12.5. The molecule has 3 rings (SSSR count). The summed E-state index contributed by atoms with van der Waals surface area (Å²) >= 11 is 1.64. The number of rotatable bonds is 5. The van der Waals surface area contributed by atoms with Gasteiger partial charge in [0.2, 0.25) is 5.91 Å². The Morgan fingerprint density at radius 1 is 1.41 bits per heavy atom. The van der Waals surface area contributed by atoms with Crippen molar-refractivity contribution in [2.24, 2.45) is 0 Å². The first-order valence-electron chi connectivity index (χ1n) is 7.10. The second-order valence-corrected chi connectivity index (χ2v) is 6.18. The van der Waals surface area contributed by atoms with Crippen LogP contribution in [0.3, 0.4) is 0 Å². The first-order valence-corrected chi connectivity index (χ1v) is 7.98. The van der Waals surface area contributed by atoms with Crippen molar-refractivity contribution in [1.29, 1.82) is 0 Å². The fraction of sp³-hybridized carbons (Fsp3) is 0.333. The molecule has 0 unspecified atom stereocenters. The lowest BCUT2D eigenvalue weighted by Crippen LogP contribution is -2.22. The summed E-state index contributed by atoms with van der Waals surface area (Å²) in [4.78, 5) is 13.1. The maximum atomic E-state index is 12.0. The molecule has 22 heavy (non-hydrogen) atoms. The number of fused-ring (bicyclic) bond motifs is 1. The third-order valence-electron chi connectivity index (χ3n) is 3.65. The molecular formula is C15H17N5OS. The monoisotopic (exact) mass is 315 g/mol. The summed E-state index contributed by atoms with van der Waals surface area (Å²) in [6, 6.07) is 4.00. The second kappa shape index (κ2) is 6.23. The van der Waals surface area contributed by atoms with Gasteiger partial charge in [-0.1, -0.05) is 6.07 Å². The molecule has 3 heterocycles. The second-order valence-electron chi connectivity index (χ2n) is 5.14. The zero-order chi connectivity index (χ0) is 15.5. The van der Waals surface area contributed by atoms with Crippen LogP contribution in [-0.4, -0.2) is 25.7 Å². The zero-order valence-corrected chi connectivity index (χ0v) is 13.4. The van der Waals surface area contributed by atoms with Gasteiger partial charge in [-0.3, -0.25) is 4.79 Å². The van der Waals surface area contributed by atoms with Gasteiger partial charge >= 0.3 is 0 Å². The van der Waals surface area contributed by atoms with E-state index in [9.17, 15) is 4.79 Å². The van der Waals surface area contributed by atoms with E-state index in [0.717, 1.165) is 27.3 Å². The van der Waals surface area contributed by atoms with Gasteiger partial charge in [-0.05, 0) is 37.3 Å². The van der Waals surface area contributed by atoms with Crippen molar-refractivity contribution in [2.75, 3.05) is 0 Å². The molecule has 1 amide bonds. The van der Waals surface area contributed by atoms with Gasteiger partial charge in [-0.25, -0.2) is 4.52 Å². The Morgan fingerprint density at radius 3 is 3.05 bits per heavy atom. The third kappa shape index (κ3) is 2.99. The minimum absolute atomic E-state index is 0.0496. The Bertz CT molecular complexity index is 794. The molecular weight excluding hydrogens is 298 g/mol. The van der Waals surface area contributed by atoms with Crippen molar-refractivity contribution >= 4 is 22.9 Å². The number of carbonyl (C=O) groups is 1. The molecule has 6 nitrogen and oxygen atoms in total. The van der Waals surface area contributed by atoms with Crippen LogP contribution in [0.25, 0.3) is 5.65 Å². The highest BCUT2D eigenvalue weighted by atomic mass is 32.1. The topological polar surface area (TPSA) is 72.2 Å². The number of carbonyl (C=O) groups excluding carboxylic acids is 1. The number of thiophene rings is 1. The average Bonchev–Trinajstić information content (AvgIpc) is 3.15. The first-order chi connectivity index (χ1) is 10.6. The SMILES string of the molecule is Cc1nn2cnnc2c(C)c1CCC(=O)NCc1cccs1. The Morgan fingerprint density at radius 2 is 2.27 bits per heavy atom. The molecule has 0 spiro atoms. The van der Waals surface area contributed by atoms with Gasteiger partial charge in [0.1, 0.15) is 6.33 Å². The molecule has 0 bridgehead atoms. The van der Waals surface area contributed by atoms with Crippen LogP contribution < -0.4 is 5.32 Å². The molecule has 114 valence electrons. The van der Waals surface area contributed by atoms with Crippen molar-refractivity contribution in [2.45, 2.75) is 33.2 Å². The molecule has 0 aliphatic carbocycles. The van der Waals surface area contributed by atoms with Crippen LogP contribution in [0.1, 0.15) is 28.1 Å². The van der Waals surface area contributed by atoms with Crippen LogP contribution in [-0.2, 0) is 17.8 Å². The van der Waals surface area contributed by atoms with Gasteiger partial charge in [-0.2, -0.15) is 5.10 Å². The highest BCUT2D eigenvalue weighted by Crippen LogP contribution is 2.17. The van der Waals surface area contributed by atoms with Crippen LogP contribution in [0, 0.1) is 13.8 Å². The number of nitrogens with zero attached hydrogens (tertiary/aromatic N) is 4. The van der Waals surface area contributed by atoms with Gasteiger partial charge in [0.05, 0.1) is 12.2 Å². The molecule has 3 aromatic heterocycles. The summed E-state index contributed by atoms with van der Waals surface area (Å²) in [5, 5.41) is 17.3. The van der Waals surface area contributed by atoms with E-state index in [2.05, 4.69) is 20.6 Å². The van der Waals surface area contributed by atoms with E-state index in [1.54, 1.807) is 22.2 Å². The molecule has 7 heteroatoms. The Kier molecular flexibility index (Phi) is 4.15. The van der Waals surface area contributed by atoms with Crippen LogP contribution in [0.5, 0.6) is 0 Å². The lowest BCUT2D eigenvalue weighted by atomic mass is 10.0. The fourth-order valence-corrected chi connectivity index (χ4v) is 3.12. The maximum absolute atomic E-state index is 12.0. The van der Waals surface area contributed by atoms with Crippen LogP contribution >= 0.6 is 11.3 Å². The van der Waals surface area contributed by atoms with E-state index in [4.69, 9.17) is 0 Å². The predicted octanol–water partition coefficient (Wildman–Crippen LogP) is 2.05. The smallest absolute Gasteiger partial charge is 0.220 e. The lowest BCUT2D eigenvalue weighted by molar-refractivity contribution is -0.121. The number of hydrogen-bond donors (Lipinski definition) is 1. The number of hydrogen-bond acceptors (Lipinski definition) is 5.